The van der Waals surface area contributed by atoms with Gasteiger partial charge >= 0.3 is 5.97 Å². The highest BCUT2D eigenvalue weighted by Gasteiger charge is 2.14. The van der Waals surface area contributed by atoms with Crippen molar-refractivity contribution in [2.24, 2.45) is 5.92 Å². The lowest BCUT2D eigenvalue weighted by molar-refractivity contribution is -0.132. The maximum Gasteiger partial charge on any atom is 0.331 e. The predicted molar refractivity (Wildman–Crippen MR) is 81.6 cm³/mol. The fraction of sp³-hybridized carbons (Fsp3) is 0.471. The van der Waals surface area contributed by atoms with Crippen LogP contribution in [0, 0.1) is 5.92 Å². The van der Waals surface area contributed by atoms with Crippen molar-refractivity contribution in [1.82, 2.24) is 0 Å². The van der Waals surface area contributed by atoms with E-state index >= 15 is 0 Å². The second kappa shape index (κ2) is 8.41. The van der Waals surface area contributed by atoms with Crippen LogP contribution < -0.4 is 0 Å². The van der Waals surface area contributed by atoms with Gasteiger partial charge in [-0.05, 0) is 36.1 Å². The van der Waals surface area contributed by atoms with Crippen molar-refractivity contribution >= 4 is 12.0 Å². The Bertz CT molecular complexity index is 446. The molecule has 0 fully saturated rings. The van der Waals surface area contributed by atoms with Crippen LogP contribution >= 0.6 is 0 Å². The van der Waals surface area contributed by atoms with Crippen LogP contribution in [-0.2, 0) is 4.79 Å². The van der Waals surface area contributed by atoms with Gasteiger partial charge in [0.2, 0.25) is 0 Å². The number of hydrogen-bond acceptors (Lipinski definition) is 2. The Balaban J connectivity index is 2.82. The molecule has 20 heavy (non-hydrogen) atoms. The van der Waals surface area contributed by atoms with Gasteiger partial charge in [-0.15, -0.1) is 0 Å². The van der Waals surface area contributed by atoms with Gasteiger partial charge in [0.05, 0.1) is 0 Å². The number of phenols is 1. The smallest absolute Gasteiger partial charge is 0.331 e. The average molecular weight is 276 g/mol. The predicted octanol–water partition coefficient (Wildman–Crippen LogP) is 4.47. The number of aliphatic carboxylic acids is 1. The lowest BCUT2D eigenvalue weighted by Gasteiger charge is -2.14. The molecular weight excluding hydrogens is 252 g/mol. The molecule has 2 N–H and O–H groups in total. The summed E-state index contributed by atoms with van der Waals surface area (Å²) in [6, 6.07) is 6.59. The summed E-state index contributed by atoms with van der Waals surface area (Å²) >= 11 is 0. The summed E-state index contributed by atoms with van der Waals surface area (Å²) in [5.74, 6) is -0.240. The average Bonchev–Trinajstić information content (AvgIpc) is 2.44. The number of phenolic OH excluding ortho intramolecular Hbond substituents is 1. The Labute approximate surface area is 121 Å². The van der Waals surface area contributed by atoms with Gasteiger partial charge in [-0.1, -0.05) is 51.7 Å². The molecule has 0 heterocycles. The summed E-state index contributed by atoms with van der Waals surface area (Å²) in [5.41, 5.74) is 1.25. The van der Waals surface area contributed by atoms with Gasteiger partial charge in [0.25, 0.3) is 0 Å². The van der Waals surface area contributed by atoms with E-state index in [2.05, 4.69) is 13.8 Å². The molecule has 1 unspecified atom stereocenters. The molecule has 3 nitrogen and oxygen atoms in total. The third kappa shape index (κ3) is 5.47. The molecule has 0 bridgehead atoms. The molecule has 0 spiro atoms. The topological polar surface area (TPSA) is 57.5 Å². The van der Waals surface area contributed by atoms with Gasteiger partial charge < -0.3 is 10.2 Å². The van der Waals surface area contributed by atoms with Crippen molar-refractivity contribution in [3.05, 3.63) is 35.4 Å². The van der Waals surface area contributed by atoms with Crippen LogP contribution in [0.3, 0.4) is 0 Å². The molecule has 1 rings (SSSR count). The van der Waals surface area contributed by atoms with Crippen LogP contribution in [0.1, 0.15) is 51.5 Å². The van der Waals surface area contributed by atoms with Crippen LogP contribution in [0.4, 0.5) is 0 Å². The van der Waals surface area contributed by atoms with Crippen LogP contribution in [-0.4, -0.2) is 16.2 Å². The van der Waals surface area contributed by atoms with Gasteiger partial charge in [-0.2, -0.15) is 0 Å². The molecule has 0 saturated heterocycles. The highest BCUT2D eigenvalue weighted by molar-refractivity contribution is 5.92. The molecule has 1 aromatic rings. The van der Waals surface area contributed by atoms with Crippen LogP contribution in [0.15, 0.2) is 29.8 Å². The van der Waals surface area contributed by atoms with Crippen molar-refractivity contribution in [3.63, 3.8) is 0 Å². The number of aromatic hydroxyl groups is 1. The lowest BCUT2D eigenvalue weighted by Crippen LogP contribution is -2.08. The van der Waals surface area contributed by atoms with E-state index in [0.717, 1.165) is 31.2 Å². The molecule has 0 radical (unpaired) electrons. The number of carbonyl (C=O) groups is 1. The number of rotatable bonds is 8. The molecule has 0 amide bonds. The van der Waals surface area contributed by atoms with Crippen molar-refractivity contribution < 1.29 is 15.0 Å². The van der Waals surface area contributed by atoms with Crippen molar-refractivity contribution in [3.8, 4) is 5.75 Å². The maximum atomic E-state index is 11.4. The fourth-order valence-corrected chi connectivity index (χ4v) is 2.23. The highest BCUT2D eigenvalue weighted by atomic mass is 16.4. The number of carboxylic acids is 1. The van der Waals surface area contributed by atoms with Crippen molar-refractivity contribution in [2.75, 3.05) is 0 Å². The molecule has 0 aliphatic carbocycles. The van der Waals surface area contributed by atoms with Crippen LogP contribution in [0.25, 0.3) is 6.08 Å². The minimum Gasteiger partial charge on any atom is -0.508 e. The standard InChI is InChI=1S/C17H24O3/c1-3-5-6-13(4-2)11-15(17(19)20)12-14-7-9-16(18)10-8-14/h7-10,12-13,18H,3-6,11H2,1-2H3,(H,19,20)/b15-12+. The van der Waals surface area contributed by atoms with Gasteiger partial charge in [0.15, 0.2) is 0 Å². The normalized spacial score (nSPS) is 13.2. The van der Waals surface area contributed by atoms with Gasteiger partial charge in [0.1, 0.15) is 5.75 Å². The summed E-state index contributed by atoms with van der Waals surface area (Å²) in [6.07, 6.45) is 6.67. The monoisotopic (exact) mass is 276 g/mol. The first-order chi connectivity index (χ1) is 9.56. The molecule has 0 aliphatic heterocycles. The van der Waals surface area contributed by atoms with E-state index in [1.165, 1.54) is 0 Å². The Morgan fingerprint density at radius 3 is 2.40 bits per heavy atom. The van der Waals surface area contributed by atoms with Gasteiger partial charge in [-0.25, -0.2) is 4.79 Å². The molecular formula is C17H24O3. The zero-order valence-corrected chi connectivity index (χ0v) is 12.3. The number of unbranched alkanes of at least 4 members (excludes halogenated alkanes) is 1. The largest absolute Gasteiger partial charge is 0.508 e. The van der Waals surface area contributed by atoms with E-state index in [4.69, 9.17) is 0 Å². The van der Waals surface area contributed by atoms with E-state index in [0.29, 0.717) is 17.9 Å². The molecule has 0 saturated carbocycles. The second-order valence-electron chi connectivity index (χ2n) is 5.19. The highest BCUT2D eigenvalue weighted by Crippen LogP contribution is 2.23. The SMILES string of the molecule is CCCCC(CC)C/C(=C\c1ccc(O)cc1)C(=O)O. The number of benzene rings is 1. The Kier molecular flexibility index (Phi) is 6.85. The lowest BCUT2D eigenvalue weighted by atomic mass is 9.91. The van der Waals surface area contributed by atoms with Crippen molar-refractivity contribution in [2.45, 2.75) is 46.0 Å². The molecule has 0 aliphatic rings. The van der Waals surface area contributed by atoms with Crippen molar-refractivity contribution in [1.29, 1.82) is 0 Å². The third-order valence-corrected chi connectivity index (χ3v) is 3.56. The minimum atomic E-state index is -0.854. The van der Waals surface area contributed by atoms with E-state index in [-0.39, 0.29) is 5.75 Å². The third-order valence-electron chi connectivity index (χ3n) is 3.56. The van der Waals surface area contributed by atoms with E-state index in [1.54, 1.807) is 30.3 Å². The van der Waals surface area contributed by atoms with Crippen LogP contribution in [0.2, 0.25) is 0 Å². The van der Waals surface area contributed by atoms with Gasteiger partial charge in [0, 0.05) is 5.57 Å². The Hall–Kier alpha value is -1.77. The van der Waals surface area contributed by atoms with Gasteiger partial charge in [-0.3, -0.25) is 0 Å². The zero-order chi connectivity index (χ0) is 15.0. The maximum absolute atomic E-state index is 11.4. The van der Waals surface area contributed by atoms with Crippen LogP contribution in [0.5, 0.6) is 5.75 Å². The molecule has 1 atom stereocenters. The molecule has 3 heteroatoms. The fourth-order valence-electron chi connectivity index (χ4n) is 2.23. The summed E-state index contributed by atoms with van der Waals surface area (Å²) in [6.45, 7) is 4.26. The number of carboxylic acid groups (broad SMARTS) is 1. The summed E-state index contributed by atoms with van der Waals surface area (Å²) < 4.78 is 0. The second-order valence-corrected chi connectivity index (χ2v) is 5.19. The quantitative estimate of drug-likeness (QED) is 0.689. The zero-order valence-electron chi connectivity index (χ0n) is 12.3. The molecule has 0 aromatic heterocycles. The van der Waals surface area contributed by atoms with E-state index in [1.807, 2.05) is 0 Å². The Morgan fingerprint density at radius 2 is 1.90 bits per heavy atom. The Morgan fingerprint density at radius 1 is 1.25 bits per heavy atom. The minimum absolute atomic E-state index is 0.188. The van der Waals surface area contributed by atoms with E-state index < -0.39 is 5.97 Å². The molecule has 110 valence electrons. The van der Waals surface area contributed by atoms with E-state index in [9.17, 15) is 15.0 Å². The summed E-state index contributed by atoms with van der Waals surface area (Å²) in [5, 5.41) is 18.6. The first-order valence-corrected chi connectivity index (χ1v) is 7.29. The summed E-state index contributed by atoms with van der Waals surface area (Å²) in [4.78, 5) is 11.4. The molecule has 1 aromatic carbocycles. The number of hydrogen-bond donors (Lipinski definition) is 2. The first kappa shape index (κ1) is 16.3. The first-order valence-electron chi connectivity index (χ1n) is 7.29. The summed E-state index contributed by atoms with van der Waals surface area (Å²) in [7, 11) is 0.